The Bertz CT molecular complexity index is 286. The summed E-state index contributed by atoms with van der Waals surface area (Å²) in [6.45, 7) is 2.87. The van der Waals surface area contributed by atoms with Crippen molar-refractivity contribution in [3.05, 3.63) is 0 Å². The first-order valence-corrected chi connectivity index (χ1v) is 13.3. The lowest BCUT2D eigenvalue weighted by molar-refractivity contribution is 0.116. The van der Waals surface area contributed by atoms with Gasteiger partial charge in [0.2, 0.25) is 0 Å². The van der Waals surface area contributed by atoms with E-state index in [1.54, 1.807) is 0 Å². The zero-order valence-electron chi connectivity index (χ0n) is 19.9. The van der Waals surface area contributed by atoms with Crippen LogP contribution in [0.1, 0.15) is 148 Å². The highest BCUT2D eigenvalue weighted by molar-refractivity contribution is 4.55. The molecule has 0 aromatic heterocycles. The van der Waals surface area contributed by atoms with Gasteiger partial charge in [0.1, 0.15) is 6.23 Å². The molecule has 3 heteroatoms. The van der Waals surface area contributed by atoms with Gasteiger partial charge in [-0.3, -0.25) is 5.32 Å². The van der Waals surface area contributed by atoms with Crippen LogP contribution in [0.25, 0.3) is 0 Å². The number of aliphatic hydroxyl groups is 2. The fourth-order valence-electron chi connectivity index (χ4n) is 4.10. The van der Waals surface area contributed by atoms with Gasteiger partial charge < -0.3 is 10.2 Å². The van der Waals surface area contributed by atoms with Crippen molar-refractivity contribution < 1.29 is 10.2 Å². The molecule has 0 heterocycles. The Balaban J connectivity index is 3.03. The van der Waals surface area contributed by atoms with E-state index in [1.807, 2.05) is 0 Å². The Labute approximate surface area is 183 Å². The summed E-state index contributed by atoms with van der Waals surface area (Å²) in [5, 5.41) is 21.2. The first-order chi connectivity index (χ1) is 14.3. The standard InChI is InChI=1S/C26H55NO2/c1-2-3-4-5-6-7-8-9-10-11-12-13-14-15-16-17-18-19-20-21-22-23-26(29)27-24-25-28/h26-29H,2-25H2,1H3. The van der Waals surface area contributed by atoms with Crippen molar-refractivity contribution in [3.8, 4) is 0 Å². The minimum absolute atomic E-state index is 0.0936. The highest BCUT2D eigenvalue weighted by Gasteiger charge is 2.01. The van der Waals surface area contributed by atoms with Crippen LogP contribution >= 0.6 is 0 Å². The van der Waals surface area contributed by atoms with E-state index in [2.05, 4.69) is 12.2 Å². The normalized spacial score (nSPS) is 12.5. The van der Waals surface area contributed by atoms with Gasteiger partial charge in [0.05, 0.1) is 6.61 Å². The molecule has 0 radical (unpaired) electrons. The molecule has 0 aliphatic rings. The molecule has 1 atom stereocenters. The van der Waals surface area contributed by atoms with Gasteiger partial charge in [0.15, 0.2) is 0 Å². The molecule has 0 saturated carbocycles. The van der Waals surface area contributed by atoms with Crippen LogP contribution in [0, 0.1) is 0 Å². The van der Waals surface area contributed by atoms with Crippen molar-refractivity contribution in [1.29, 1.82) is 0 Å². The summed E-state index contributed by atoms with van der Waals surface area (Å²) in [5.41, 5.74) is 0. The first kappa shape index (κ1) is 28.9. The van der Waals surface area contributed by atoms with Gasteiger partial charge in [-0.25, -0.2) is 0 Å². The number of hydrogen-bond donors (Lipinski definition) is 3. The van der Waals surface area contributed by atoms with Crippen LogP contribution < -0.4 is 5.32 Å². The average molecular weight is 414 g/mol. The lowest BCUT2D eigenvalue weighted by Gasteiger charge is -2.11. The topological polar surface area (TPSA) is 52.5 Å². The lowest BCUT2D eigenvalue weighted by atomic mass is 10.0. The van der Waals surface area contributed by atoms with Gasteiger partial charge in [-0.15, -0.1) is 0 Å². The largest absolute Gasteiger partial charge is 0.395 e. The molecule has 0 fully saturated rings. The molecule has 0 aliphatic heterocycles. The van der Waals surface area contributed by atoms with Crippen LogP contribution in [0.2, 0.25) is 0 Å². The second-order valence-corrected chi connectivity index (χ2v) is 9.05. The number of rotatable bonds is 25. The molecule has 0 spiro atoms. The molecule has 0 saturated heterocycles. The van der Waals surface area contributed by atoms with E-state index in [0.717, 1.165) is 12.8 Å². The maximum absolute atomic E-state index is 9.62. The van der Waals surface area contributed by atoms with Gasteiger partial charge >= 0.3 is 0 Å². The number of hydrogen-bond acceptors (Lipinski definition) is 3. The number of nitrogens with one attached hydrogen (secondary N) is 1. The molecule has 176 valence electrons. The summed E-state index contributed by atoms with van der Waals surface area (Å²) in [5.74, 6) is 0. The van der Waals surface area contributed by atoms with E-state index in [0.29, 0.717) is 6.54 Å². The van der Waals surface area contributed by atoms with E-state index < -0.39 is 6.23 Å². The van der Waals surface area contributed by atoms with E-state index in [1.165, 1.54) is 128 Å². The summed E-state index contributed by atoms with van der Waals surface area (Å²) < 4.78 is 0. The predicted molar refractivity (Wildman–Crippen MR) is 128 cm³/mol. The molecular weight excluding hydrogens is 358 g/mol. The van der Waals surface area contributed by atoms with E-state index in [4.69, 9.17) is 5.11 Å². The summed E-state index contributed by atoms with van der Waals surface area (Å²) in [6, 6.07) is 0. The average Bonchev–Trinajstić information content (AvgIpc) is 2.73. The Morgan fingerprint density at radius 1 is 0.517 bits per heavy atom. The molecule has 0 rings (SSSR count). The second-order valence-electron chi connectivity index (χ2n) is 9.05. The summed E-state index contributed by atoms with van der Waals surface area (Å²) >= 11 is 0. The van der Waals surface area contributed by atoms with Crippen molar-refractivity contribution in [2.45, 2.75) is 154 Å². The van der Waals surface area contributed by atoms with Crippen LogP contribution in [0.4, 0.5) is 0 Å². The minimum Gasteiger partial charge on any atom is -0.395 e. The second kappa shape index (κ2) is 25.9. The molecule has 0 aromatic carbocycles. The Morgan fingerprint density at radius 3 is 1.14 bits per heavy atom. The molecule has 0 bridgehead atoms. The quantitative estimate of drug-likeness (QED) is 0.107. The third-order valence-corrected chi connectivity index (χ3v) is 6.07. The predicted octanol–water partition coefficient (Wildman–Crippen LogP) is 7.49. The van der Waals surface area contributed by atoms with Crippen molar-refractivity contribution >= 4 is 0 Å². The van der Waals surface area contributed by atoms with Crippen LogP contribution in [0.3, 0.4) is 0 Å². The zero-order valence-corrected chi connectivity index (χ0v) is 19.9. The molecule has 1 unspecified atom stereocenters. The summed E-state index contributed by atoms with van der Waals surface area (Å²) in [7, 11) is 0. The summed E-state index contributed by atoms with van der Waals surface area (Å²) in [6.07, 6.45) is 29.8. The van der Waals surface area contributed by atoms with Gasteiger partial charge in [-0.2, -0.15) is 0 Å². The van der Waals surface area contributed by atoms with Crippen LogP contribution in [-0.2, 0) is 0 Å². The van der Waals surface area contributed by atoms with E-state index in [-0.39, 0.29) is 6.61 Å². The number of aliphatic hydroxyl groups excluding tert-OH is 2. The Kier molecular flexibility index (Phi) is 25.8. The molecule has 0 aliphatic carbocycles. The van der Waals surface area contributed by atoms with Crippen molar-refractivity contribution in [3.63, 3.8) is 0 Å². The fourth-order valence-corrected chi connectivity index (χ4v) is 4.10. The van der Waals surface area contributed by atoms with Crippen molar-refractivity contribution in [2.75, 3.05) is 13.2 Å². The fraction of sp³-hybridized carbons (Fsp3) is 1.00. The monoisotopic (exact) mass is 413 g/mol. The third kappa shape index (κ3) is 25.8. The van der Waals surface area contributed by atoms with Crippen molar-refractivity contribution in [2.24, 2.45) is 0 Å². The highest BCUT2D eigenvalue weighted by Crippen LogP contribution is 2.15. The molecule has 0 aromatic rings. The molecule has 3 N–H and O–H groups in total. The lowest BCUT2D eigenvalue weighted by Crippen LogP contribution is -2.30. The smallest absolute Gasteiger partial charge is 0.104 e. The Hall–Kier alpha value is -0.120. The van der Waals surface area contributed by atoms with Gasteiger partial charge in [0.25, 0.3) is 0 Å². The van der Waals surface area contributed by atoms with E-state index in [9.17, 15) is 5.11 Å². The first-order valence-electron chi connectivity index (χ1n) is 13.3. The van der Waals surface area contributed by atoms with E-state index >= 15 is 0 Å². The van der Waals surface area contributed by atoms with Gasteiger partial charge in [-0.05, 0) is 12.8 Å². The molecule has 3 nitrogen and oxygen atoms in total. The SMILES string of the molecule is CCCCCCCCCCCCCCCCCCCCCCCC(O)NCCO. The van der Waals surface area contributed by atoms with Gasteiger partial charge in [0, 0.05) is 6.54 Å². The molecule has 0 amide bonds. The maximum Gasteiger partial charge on any atom is 0.104 e. The number of unbranched alkanes of at least 4 members (excludes halogenated alkanes) is 20. The van der Waals surface area contributed by atoms with Crippen LogP contribution in [0.15, 0.2) is 0 Å². The third-order valence-electron chi connectivity index (χ3n) is 6.07. The van der Waals surface area contributed by atoms with Crippen LogP contribution in [-0.4, -0.2) is 29.6 Å². The molecular formula is C26H55NO2. The van der Waals surface area contributed by atoms with Gasteiger partial charge in [-0.1, -0.05) is 135 Å². The van der Waals surface area contributed by atoms with Crippen molar-refractivity contribution in [1.82, 2.24) is 5.32 Å². The Morgan fingerprint density at radius 2 is 0.828 bits per heavy atom. The van der Waals surface area contributed by atoms with Crippen LogP contribution in [0.5, 0.6) is 0 Å². The zero-order chi connectivity index (χ0) is 21.3. The maximum atomic E-state index is 9.62. The summed E-state index contributed by atoms with van der Waals surface area (Å²) in [4.78, 5) is 0. The highest BCUT2D eigenvalue weighted by atomic mass is 16.3. The minimum atomic E-state index is -0.442. The molecule has 29 heavy (non-hydrogen) atoms.